The Labute approximate surface area is 318 Å². The first-order valence-corrected chi connectivity index (χ1v) is 21.6. The van der Waals surface area contributed by atoms with Gasteiger partial charge in [0.15, 0.2) is 6.61 Å². The minimum atomic E-state index is -4.64. The molecule has 0 heterocycles. The number of halogens is 3. The van der Waals surface area contributed by atoms with Crippen molar-refractivity contribution in [1.29, 1.82) is 0 Å². The van der Waals surface area contributed by atoms with Crippen LogP contribution in [0.25, 0.3) is 0 Å². The number of methoxy groups -OCH3 is 1. The van der Waals surface area contributed by atoms with Crippen LogP contribution in [0.5, 0.6) is 0 Å². The minimum absolute atomic E-state index is 0.0208. The molecule has 24 heteroatoms. The highest BCUT2D eigenvalue weighted by atomic mass is 32.2. The van der Waals surface area contributed by atoms with Gasteiger partial charge in [0, 0.05) is 18.3 Å². The standard InChI is InChI=1S/C11H20O6S.C10H18O5S.C5H10O3S.C4H5F3O3S/c1-9(2)11(12)16-6-5-7-18(13,14)17-10(3)8-15-4;1-8(2)10(11)14-6-5-7-16(12,13)15-9(3)4;1-3-5-8-9(6,7)4-2;1-2-11(8,9)10-3-4(5,6)7/h10H,1,5-8H2,2-4H3;9H,1,5-7H2,2-4H3;4H,2-3,5H2,1H3;2H,1,3H2. The van der Waals surface area contributed by atoms with E-state index in [9.17, 15) is 56.4 Å². The first kappa shape index (κ1) is 58.0. The maximum Gasteiger partial charge on any atom is 0.413 e. The van der Waals surface area contributed by atoms with Crippen molar-refractivity contribution in [3.8, 4) is 0 Å². The van der Waals surface area contributed by atoms with E-state index in [1.807, 2.05) is 6.92 Å². The molecule has 0 fully saturated rings. The Kier molecular flexibility index (Phi) is 31.8. The second-order valence-electron chi connectivity index (χ2n) is 10.6. The van der Waals surface area contributed by atoms with Crippen molar-refractivity contribution in [2.75, 3.05) is 51.6 Å². The maximum absolute atomic E-state index is 11.5. The van der Waals surface area contributed by atoms with Gasteiger partial charge in [-0.25, -0.2) is 9.59 Å². The van der Waals surface area contributed by atoms with Crippen molar-refractivity contribution in [2.45, 2.75) is 79.2 Å². The predicted molar refractivity (Wildman–Crippen MR) is 193 cm³/mol. The average Bonchev–Trinajstić information content (AvgIpc) is 3.03. The summed E-state index contributed by atoms with van der Waals surface area (Å²) in [6, 6.07) is 0. The Morgan fingerprint density at radius 2 is 1.09 bits per heavy atom. The lowest BCUT2D eigenvalue weighted by molar-refractivity contribution is -0.152. The van der Waals surface area contributed by atoms with Gasteiger partial charge in [0.25, 0.3) is 40.5 Å². The molecule has 0 spiro atoms. The Morgan fingerprint density at radius 1 is 0.704 bits per heavy atom. The molecule has 1 unspecified atom stereocenters. The van der Waals surface area contributed by atoms with Gasteiger partial charge in [-0.3, -0.25) is 16.7 Å². The van der Waals surface area contributed by atoms with Gasteiger partial charge in [0.1, 0.15) is 0 Å². The van der Waals surface area contributed by atoms with Crippen LogP contribution in [0.2, 0.25) is 0 Å². The van der Waals surface area contributed by atoms with E-state index in [1.165, 1.54) is 21.0 Å². The summed E-state index contributed by atoms with van der Waals surface area (Å²) in [6.07, 6.45) is -4.46. The lowest BCUT2D eigenvalue weighted by Crippen LogP contribution is -2.22. The van der Waals surface area contributed by atoms with Crippen LogP contribution in [0.4, 0.5) is 13.2 Å². The molecule has 0 radical (unpaired) electrons. The van der Waals surface area contributed by atoms with Gasteiger partial charge in [0.2, 0.25) is 0 Å². The number of carbonyl (C=O) groups excluding carboxylic acids is 2. The third-order valence-corrected chi connectivity index (χ3v) is 9.17. The quantitative estimate of drug-likeness (QED) is 0.0609. The summed E-state index contributed by atoms with van der Waals surface area (Å²) >= 11 is 0. The molecule has 0 saturated heterocycles. The van der Waals surface area contributed by atoms with E-state index in [-0.39, 0.29) is 62.5 Å². The highest BCUT2D eigenvalue weighted by Crippen LogP contribution is 2.16. The molecule has 0 saturated carbocycles. The second-order valence-corrected chi connectivity index (χ2v) is 17.1. The van der Waals surface area contributed by atoms with Gasteiger partial charge in [0.05, 0.1) is 61.0 Å². The van der Waals surface area contributed by atoms with Crippen LogP contribution < -0.4 is 0 Å². The van der Waals surface area contributed by atoms with E-state index in [0.29, 0.717) is 17.4 Å². The van der Waals surface area contributed by atoms with Gasteiger partial charge in [-0.15, -0.1) is 0 Å². The van der Waals surface area contributed by atoms with E-state index < -0.39 is 71.3 Å². The molecule has 17 nitrogen and oxygen atoms in total. The molecule has 0 aromatic heterocycles. The zero-order chi connectivity index (χ0) is 43.4. The monoisotopic (exact) mass is 870 g/mol. The first-order chi connectivity index (χ1) is 24.4. The van der Waals surface area contributed by atoms with Crippen molar-refractivity contribution in [2.24, 2.45) is 0 Å². The van der Waals surface area contributed by atoms with Gasteiger partial charge in [-0.2, -0.15) is 46.8 Å². The minimum Gasteiger partial charge on any atom is -0.462 e. The Bertz CT molecular complexity index is 1590. The number of hydrogen-bond acceptors (Lipinski definition) is 17. The van der Waals surface area contributed by atoms with Crippen molar-refractivity contribution in [1.82, 2.24) is 0 Å². The predicted octanol–water partition coefficient (Wildman–Crippen LogP) is 4.05. The van der Waals surface area contributed by atoms with E-state index in [0.717, 1.165) is 5.41 Å². The number of esters is 2. The van der Waals surface area contributed by atoms with Gasteiger partial charge < -0.3 is 14.2 Å². The fourth-order valence-electron chi connectivity index (χ4n) is 2.39. The highest BCUT2D eigenvalue weighted by Gasteiger charge is 2.30. The molecule has 0 aromatic carbocycles. The first-order valence-electron chi connectivity index (χ1n) is 15.5. The van der Waals surface area contributed by atoms with Crippen molar-refractivity contribution >= 4 is 52.4 Å². The molecular weight excluding hydrogens is 818 g/mol. The Hall–Kier alpha value is -2.71. The van der Waals surface area contributed by atoms with Crippen molar-refractivity contribution in [3.63, 3.8) is 0 Å². The zero-order valence-corrected chi connectivity index (χ0v) is 34.7. The fourth-order valence-corrected chi connectivity index (χ4v) is 5.56. The summed E-state index contributed by atoms with van der Waals surface area (Å²) in [4.78, 5) is 22.0. The number of ether oxygens (including phenoxy) is 3. The largest absolute Gasteiger partial charge is 0.462 e. The molecule has 54 heavy (non-hydrogen) atoms. The van der Waals surface area contributed by atoms with Crippen LogP contribution in [0.15, 0.2) is 48.3 Å². The third kappa shape index (κ3) is 42.0. The molecule has 320 valence electrons. The van der Waals surface area contributed by atoms with Crippen LogP contribution >= 0.6 is 0 Å². The summed E-state index contributed by atoms with van der Waals surface area (Å²) < 4.78 is 152. The van der Waals surface area contributed by atoms with Crippen LogP contribution in [0.3, 0.4) is 0 Å². The average molecular weight is 871 g/mol. The molecule has 0 amide bonds. The summed E-state index contributed by atoms with van der Waals surface area (Å²) in [5, 5.41) is 1.10. The van der Waals surface area contributed by atoms with Crippen LogP contribution in [-0.2, 0) is 81.0 Å². The summed E-state index contributed by atoms with van der Waals surface area (Å²) in [6.45, 7) is 21.1. The molecule has 0 aliphatic heterocycles. The SMILES string of the molecule is C=C(C)C(=O)OCCCS(=O)(=O)OC(C)C.C=C(C)C(=O)OCCCS(=O)(=O)OC(C)COC.C=CS(=O)(=O)OCC(F)(F)F.C=CS(=O)(=O)OCCC. The molecule has 0 bridgehead atoms. The van der Waals surface area contributed by atoms with Crippen molar-refractivity contribution < 1.29 is 87.4 Å². The molecule has 0 aliphatic carbocycles. The lowest BCUT2D eigenvalue weighted by atomic mass is 10.4. The molecular formula is C30H53F3O17S4. The normalized spacial score (nSPS) is 12.3. The van der Waals surface area contributed by atoms with Crippen molar-refractivity contribution in [3.05, 3.63) is 48.3 Å². The molecule has 0 rings (SSSR count). The zero-order valence-electron chi connectivity index (χ0n) is 31.4. The second kappa shape index (κ2) is 29.6. The van der Waals surface area contributed by atoms with Crippen LogP contribution in [-0.4, -0.2) is 116 Å². The summed E-state index contributed by atoms with van der Waals surface area (Å²) in [5.41, 5.74) is 0.573. The maximum atomic E-state index is 11.5. The fraction of sp³-hybridized carbons (Fsp3) is 0.667. The molecule has 1 atom stereocenters. The topological polar surface area (TPSA) is 235 Å². The summed E-state index contributed by atoms with van der Waals surface area (Å²) in [5.74, 6) is -1.40. The highest BCUT2D eigenvalue weighted by molar-refractivity contribution is 7.90. The number of carbonyl (C=O) groups is 2. The van der Waals surface area contributed by atoms with Crippen LogP contribution in [0, 0.1) is 0 Å². The molecule has 0 aliphatic rings. The van der Waals surface area contributed by atoms with Gasteiger partial charge >= 0.3 is 18.1 Å². The van der Waals surface area contributed by atoms with E-state index in [4.69, 9.17) is 22.6 Å². The molecule has 0 N–H and O–H groups in total. The van der Waals surface area contributed by atoms with E-state index >= 15 is 0 Å². The van der Waals surface area contributed by atoms with E-state index in [2.05, 4.69) is 34.7 Å². The Balaban J connectivity index is -0.000000319. The number of hydrogen-bond donors (Lipinski definition) is 0. The number of rotatable bonds is 23. The Morgan fingerprint density at radius 3 is 1.41 bits per heavy atom. The van der Waals surface area contributed by atoms with E-state index in [1.54, 1.807) is 20.8 Å². The third-order valence-electron chi connectivity index (χ3n) is 4.54. The smallest absolute Gasteiger partial charge is 0.413 e. The number of alkyl halides is 3. The molecule has 0 aromatic rings. The lowest BCUT2D eigenvalue weighted by Gasteiger charge is -2.11. The van der Waals surface area contributed by atoms with Gasteiger partial charge in [-0.1, -0.05) is 33.2 Å². The van der Waals surface area contributed by atoms with Crippen LogP contribution in [0.1, 0.15) is 60.8 Å². The summed E-state index contributed by atoms with van der Waals surface area (Å²) in [7, 11) is -13.3. The van der Waals surface area contributed by atoms with Gasteiger partial charge in [-0.05, 0) is 53.9 Å².